The second kappa shape index (κ2) is 5.78. The molecule has 0 atom stereocenters. The Balaban J connectivity index is 2.25. The highest BCUT2D eigenvalue weighted by atomic mass is 19.1. The fourth-order valence-corrected chi connectivity index (χ4v) is 1.87. The molecule has 0 aromatic heterocycles. The molecule has 0 amide bonds. The lowest BCUT2D eigenvalue weighted by atomic mass is 10.0. The molecule has 18 heavy (non-hydrogen) atoms. The summed E-state index contributed by atoms with van der Waals surface area (Å²) in [4.78, 5) is 0. The summed E-state index contributed by atoms with van der Waals surface area (Å²) in [6.45, 7) is 5.03. The highest BCUT2D eigenvalue weighted by Crippen LogP contribution is 2.23. The molecule has 2 rings (SSSR count). The van der Waals surface area contributed by atoms with Gasteiger partial charge in [-0.1, -0.05) is 50.2 Å². The fourth-order valence-electron chi connectivity index (χ4n) is 1.87. The molecule has 1 nitrogen and oxygen atoms in total. The largest absolute Gasteiger partial charge is 0.310 e. The first-order valence-corrected chi connectivity index (χ1v) is 6.24. The summed E-state index contributed by atoms with van der Waals surface area (Å²) in [6, 6.07) is 15.3. The molecule has 1 N–H and O–H groups in total. The molecule has 0 unspecified atom stereocenters. The first kappa shape index (κ1) is 12.8. The topological polar surface area (TPSA) is 12.0 Å². The van der Waals surface area contributed by atoms with Crippen molar-refractivity contribution >= 4 is 0 Å². The van der Waals surface area contributed by atoms with Crippen LogP contribution in [0, 0.1) is 5.82 Å². The minimum Gasteiger partial charge on any atom is -0.310 e. The van der Waals surface area contributed by atoms with Crippen molar-refractivity contribution in [1.82, 2.24) is 5.32 Å². The van der Waals surface area contributed by atoms with Crippen molar-refractivity contribution in [2.45, 2.75) is 26.4 Å². The lowest BCUT2D eigenvalue weighted by Gasteiger charge is -2.10. The molecule has 0 saturated heterocycles. The molecule has 0 bridgehead atoms. The zero-order chi connectivity index (χ0) is 13.0. The van der Waals surface area contributed by atoms with Crippen LogP contribution in [0.3, 0.4) is 0 Å². The van der Waals surface area contributed by atoms with Crippen molar-refractivity contribution < 1.29 is 4.39 Å². The number of hydrogen-bond acceptors (Lipinski definition) is 1. The van der Waals surface area contributed by atoms with Crippen molar-refractivity contribution in [3.8, 4) is 11.1 Å². The summed E-state index contributed by atoms with van der Waals surface area (Å²) in [5.74, 6) is -0.175. The maximum Gasteiger partial charge on any atom is 0.131 e. The number of benzene rings is 2. The molecule has 0 heterocycles. The molecule has 0 spiro atoms. The predicted molar refractivity (Wildman–Crippen MR) is 73.8 cm³/mol. The van der Waals surface area contributed by atoms with Crippen LogP contribution < -0.4 is 5.32 Å². The molecule has 0 aliphatic heterocycles. The Bertz CT molecular complexity index is 520. The average molecular weight is 243 g/mol. The van der Waals surface area contributed by atoms with Gasteiger partial charge in [-0.15, -0.1) is 0 Å². The SMILES string of the molecule is CC(C)NCc1cccc(-c2ccccc2F)c1. The zero-order valence-electron chi connectivity index (χ0n) is 10.8. The maximum atomic E-state index is 13.7. The second-order valence-electron chi connectivity index (χ2n) is 4.72. The van der Waals surface area contributed by atoms with Gasteiger partial charge in [0.2, 0.25) is 0 Å². The van der Waals surface area contributed by atoms with Gasteiger partial charge in [0.15, 0.2) is 0 Å². The van der Waals surface area contributed by atoms with E-state index in [1.54, 1.807) is 6.07 Å². The van der Waals surface area contributed by atoms with Gasteiger partial charge in [0.25, 0.3) is 0 Å². The summed E-state index contributed by atoms with van der Waals surface area (Å²) in [5.41, 5.74) is 2.75. The third-order valence-electron chi connectivity index (χ3n) is 2.83. The Kier molecular flexibility index (Phi) is 4.11. The molecule has 0 saturated carbocycles. The average Bonchev–Trinajstić information content (AvgIpc) is 2.37. The number of halogens is 1. The van der Waals surface area contributed by atoms with E-state index in [2.05, 4.69) is 25.2 Å². The number of nitrogens with one attached hydrogen (secondary N) is 1. The quantitative estimate of drug-likeness (QED) is 0.856. The van der Waals surface area contributed by atoms with E-state index >= 15 is 0 Å². The van der Waals surface area contributed by atoms with Crippen LogP contribution in [0.25, 0.3) is 11.1 Å². The van der Waals surface area contributed by atoms with Crippen LogP contribution in [0.2, 0.25) is 0 Å². The van der Waals surface area contributed by atoms with Gasteiger partial charge in [0.05, 0.1) is 0 Å². The summed E-state index contributed by atoms with van der Waals surface area (Å²) in [5, 5.41) is 3.36. The molecular formula is C16H18FN. The van der Waals surface area contributed by atoms with Gasteiger partial charge in [0.1, 0.15) is 5.82 Å². The maximum absolute atomic E-state index is 13.7. The van der Waals surface area contributed by atoms with Crippen molar-refractivity contribution in [3.05, 3.63) is 59.9 Å². The van der Waals surface area contributed by atoms with Gasteiger partial charge < -0.3 is 5.32 Å². The van der Waals surface area contributed by atoms with Crippen LogP contribution in [0.15, 0.2) is 48.5 Å². The molecule has 2 heteroatoms. The van der Waals surface area contributed by atoms with Gasteiger partial charge in [-0.2, -0.15) is 0 Å². The van der Waals surface area contributed by atoms with E-state index in [0.29, 0.717) is 11.6 Å². The Morgan fingerprint density at radius 3 is 2.56 bits per heavy atom. The minimum absolute atomic E-state index is 0.175. The summed E-state index contributed by atoms with van der Waals surface area (Å²) < 4.78 is 13.7. The summed E-state index contributed by atoms with van der Waals surface area (Å²) >= 11 is 0. The van der Waals surface area contributed by atoms with Crippen LogP contribution >= 0.6 is 0 Å². The lowest BCUT2D eigenvalue weighted by Crippen LogP contribution is -2.21. The molecule has 2 aromatic rings. The van der Waals surface area contributed by atoms with Crippen LogP contribution in [0.4, 0.5) is 4.39 Å². The van der Waals surface area contributed by atoms with Gasteiger partial charge in [0, 0.05) is 18.2 Å². The van der Waals surface area contributed by atoms with E-state index in [1.807, 2.05) is 30.3 Å². The molecule has 2 aromatic carbocycles. The highest BCUT2D eigenvalue weighted by molar-refractivity contribution is 5.64. The Hall–Kier alpha value is -1.67. The normalized spacial score (nSPS) is 10.9. The van der Waals surface area contributed by atoms with Crippen molar-refractivity contribution in [3.63, 3.8) is 0 Å². The van der Waals surface area contributed by atoms with E-state index in [0.717, 1.165) is 12.1 Å². The zero-order valence-corrected chi connectivity index (χ0v) is 10.8. The van der Waals surface area contributed by atoms with E-state index in [1.165, 1.54) is 11.6 Å². The van der Waals surface area contributed by atoms with E-state index in [4.69, 9.17) is 0 Å². The molecule has 0 fully saturated rings. The first-order chi connectivity index (χ1) is 8.66. The minimum atomic E-state index is -0.175. The molecule has 0 aliphatic rings. The standard InChI is InChI=1S/C16H18FN/c1-12(2)18-11-13-6-5-7-14(10-13)15-8-3-4-9-16(15)17/h3-10,12,18H,11H2,1-2H3. The fraction of sp³-hybridized carbons (Fsp3) is 0.250. The molecule has 0 aliphatic carbocycles. The van der Waals surface area contributed by atoms with Crippen LogP contribution in [-0.2, 0) is 6.54 Å². The molecular weight excluding hydrogens is 225 g/mol. The van der Waals surface area contributed by atoms with E-state index in [9.17, 15) is 4.39 Å². The van der Waals surface area contributed by atoms with Gasteiger partial charge in [-0.25, -0.2) is 4.39 Å². The molecule has 0 radical (unpaired) electrons. The summed E-state index contributed by atoms with van der Waals surface area (Å²) in [6.07, 6.45) is 0. The summed E-state index contributed by atoms with van der Waals surface area (Å²) in [7, 11) is 0. The first-order valence-electron chi connectivity index (χ1n) is 6.24. The third kappa shape index (κ3) is 3.17. The molecule has 94 valence electrons. The predicted octanol–water partition coefficient (Wildman–Crippen LogP) is 3.99. The lowest BCUT2D eigenvalue weighted by molar-refractivity contribution is 0.589. The van der Waals surface area contributed by atoms with Gasteiger partial charge in [-0.05, 0) is 23.3 Å². The van der Waals surface area contributed by atoms with Crippen molar-refractivity contribution in [2.75, 3.05) is 0 Å². The third-order valence-corrected chi connectivity index (χ3v) is 2.83. The van der Waals surface area contributed by atoms with Gasteiger partial charge in [-0.3, -0.25) is 0 Å². The van der Waals surface area contributed by atoms with Crippen molar-refractivity contribution in [1.29, 1.82) is 0 Å². The van der Waals surface area contributed by atoms with Crippen LogP contribution in [-0.4, -0.2) is 6.04 Å². The second-order valence-corrected chi connectivity index (χ2v) is 4.72. The highest BCUT2D eigenvalue weighted by Gasteiger charge is 2.04. The van der Waals surface area contributed by atoms with Crippen LogP contribution in [0.1, 0.15) is 19.4 Å². The Labute approximate surface area is 108 Å². The van der Waals surface area contributed by atoms with E-state index < -0.39 is 0 Å². The van der Waals surface area contributed by atoms with E-state index in [-0.39, 0.29) is 5.82 Å². The monoisotopic (exact) mass is 243 g/mol. The number of rotatable bonds is 4. The van der Waals surface area contributed by atoms with Gasteiger partial charge >= 0.3 is 0 Å². The Morgan fingerprint density at radius 1 is 1.06 bits per heavy atom. The smallest absolute Gasteiger partial charge is 0.131 e. The van der Waals surface area contributed by atoms with Crippen LogP contribution in [0.5, 0.6) is 0 Å². The number of hydrogen-bond donors (Lipinski definition) is 1. The van der Waals surface area contributed by atoms with Crippen molar-refractivity contribution in [2.24, 2.45) is 0 Å². The Morgan fingerprint density at radius 2 is 1.83 bits per heavy atom.